The number of aliphatic carboxylic acids is 1. The van der Waals surface area contributed by atoms with E-state index in [9.17, 15) is 10.0 Å². The van der Waals surface area contributed by atoms with Gasteiger partial charge in [-0.3, -0.25) is 4.79 Å². The fraction of sp³-hybridized carbons (Fsp3) is 0.424. The lowest BCUT2D eigenvalue weighted by molar-refractivity contribution is -1.10. The number of benzene rings is 3. The number of rotatable bonds is 11. The van der Waals surface area contributed by atoms with Crippen molar-refractivity contribution >= 4 is 5.97 Å². The van der Waals surface area contributed by atoms with E-state index in [2.05, 4.69) is 5.43 Å². The van der Waals surface area contributed by atoms with Gasteiger partial charge in [-0.05, 0) is 99.5 Å². The van der Waals surface area contributed by atoms with Crippen molar-refractivity contribution in [3.63, 3.8) is 0 Å². The number of quaternary nitrogens is 1. The third-order valence-electron chi connectivity index (χ3n) is 7.66. The van der Waals surface area contributed by atoms with Crippen LogP contribution in [0.3, 0.4) is 0 Å². The molecule has 0 spiro atoms. The molecular weight excluding hydrogens is 555 g/mol. The molecule has 1 unspecified atom stereocenters. The summed E-state index contributed by atoms with van der Waals surface area (Å²) in [6, 6.07) is 12.7. The first-order valence-corrected chi connectivity index (χ1v) is 14.6. The van der Waals surface area contributed by atoms with Crippen LogP contribution in [0.4, 0.5) is 4.39 Å². The maximum atomic E-state index is 15.3. The highest BCUT2D eigenvalue weighted by Crippen LogP contribution is 2.45. The van der Waals surface area contributed by atoms with E-state index in [1.165, 1.54) is 6.07 Å². The smallest absolute Gasteiger partial charge is 0.304 e. The fourth-order valence-corrected chi connectivity index (χ4v) is 5.97. The predicted molar refractivity (Wildman–Crippen MR) is 159 cm³/mol. The Morgan fingerprint density at radius 2 is 1.88 bits per heavy atom. The summed E-state index contributed by atoms with van der Waals surface area (Å²) in [7, 11) is 0. The molecule has 0 aromatic heterocycles. The van der Waals surface area contributed by atoms with E-state index in [4.69, 9.17) is 24.2 Å². The third kappa shape index (κ3) is 7.10. The van der Waals surface area contributed by atoms with Gasteiger partial charge in [0.05, 0.1) is 19.6 Å². The molecule has 3 aromatic carbocycles. The first kappa shape index (κ1) is 30.7. The molecule has 3 atom stereocenters. The van der Waals surface area contributed by atoms with Crippen LogP contribution in [0, 0.1) is 24.9 Å². The predicted octanol–water partition coefficient (Wildman–Crippen LogP) is 5.12. The highest BCUT2D eigenvalue weighted by molar-refractivity contribution is 5.76. The summed E-state index contributed by atoms with van der Waals surface area (Å²) >= 11 is 0. The summed E-state index contributed by atoms with van der Waals surface area (Å²) < 4.78 is 33.2. The quantitative estimate of drug-likeness (QED) is 0.207. The van der Waals surface area contributed by atoms with Gasteiger partial charge in [0.15, 0.2) is 0 Å². The lowest BCUT2D eigenvalue weighted by Gasteiger charge is -2.27. The summed E-state index contributed by atoms with van der Waals surface area (Å²) in [5, 5.41) is 20.5. The van der Waals surface area contributed by atoms with Crippen molar-refractivity contribution < 1.29 is 38.7 Å². The standard InChI is InChI=1S/C33H39FN2O7/c1-19-14-23(40-13-12-35-36(39)43-33(3,4)5)15-20(2)31(19)25-8-10-27(34)32-26(25)9-11-28(32)42-22-6-7-24-21(16-30(37)38)18-41-29(24)17-22/h6-8,10,14-15,17,21,28,35-36H,9,11-13,16,18H2,1-5H3,(H,37,38)/t21-,28-/m1/s1. The van der Waals surface area contributed by atoms with Gasteiger partial charge >= 0.3 is 5.97 Å². The average Bonchev–Trinajstić information content (AvgIpc) is 3.51. The second-order valence-electron chi connectivity index (χ2n) is 12.1. The molecule has 230 valence electrons. The summed E-state index contributed by atoms with van der Waals surface area (Å²) in [6.45, 7) is 10.4. The molecule has 10 heteroatoms. The van der Waals surface area contributed by atoms with Gasteiger partial charge in [0.2, 0.25) is 0 Å². The highest BCUT2D eigenvalue weighted by Gasteiger charge is 2.32. The molecule has 1 heterocycles. The van der Waals surface area contributed by atoms with Crippen molar-refractivity contribution in [2.75, 3.05) is 19.8 Å². The largest absolute Gasteiger partial charge is 0.579 e. The SMILES string of the molecule is Cc1cc(OCCN[NH+]([O-])OC(C)(C)C)cc(C)c1-c1ccc(F)c2c1CC[C@H]2Oc1ccc2c(c1)OC[C@H]2CC(=O)O. The maximum Gasteiger partial charge on any atom is 0.304 e. The van der Waals surface area contributed by atoms with Crippen molar-refractivity contribution in [3.8, 4) is 28.4 Å². The van der Waals surface area contributed by atoms with Gasteiger partial charge < -0.3 is 24.5 Å². The summed E-state index contributed by atoms with van der Waals surface area (Å²) in [4.78, 5) is 16.4. The zero-order valence-corrected chi connectivity index (χ0v) is 25.2. The van der Waals surface area contributed by atoms with Crippen LogP contribution in [0.15, 0.2) is 42.5 Å². The van der Waals surface area contributed by atoms with Crippen molar-refractivity contribution in [2.24, 2.45) is 0 Å². The van der Waals surface area contributed by atoms with Crippen LogP contribution in [-0.4, -0.2) is 36.4 Å². The topological polar surface area (TPSA) is 114 Å². The summed E-state index contributed by atoms with van der Waals surface area (Å²) in [6.07, 6.45) is 0.856. The number of carboxylic acid groups (broad SMARTS) is 1. The fourth-order valence-electron chi connectivity index (χ4n) is 5.97. The van der Waals surface area contributed by atoms with E-state index in [-0.39, 0.29) is 24.8 Å². The second-order valence-corrected chi connectivity index (χ2v) is 12.1. The normalized spacial score (nSPS) is 18.1. The summed E-state index contributed by atoms with van der Waals surface area (Å²) in [5.41, 5.74) is 8.49. The third-order valence-corrected chi connectivity index (χ3v) is 7.66. The van der Waals surface area contributed by atoms with E-state index in [0.29, 0.717) is 48.8 Å². The van der Waals surface area contributed by atoms with Crippen molar-refractivity contribution in [2.45, 2.75) is 71.5 Å². The molecule has 2 aliphatic rings. The molecular formula is C33H39FN2O7. The molecule has 0 saturated heterocycles. The van der Waals surface area contributed by atoms with E-state index in [0.717, 1.165) is 33.4 Å². The van der Waals surface area contributed by atoms with Crippen LogP contribution in [-0.2, 0) is 16.1 Å². The molecule has 0 amide bonds. The number of carboxylic acids is 1. The number of hydrogen-bond acceptors (Lipinski definition) is 7. The zero-order chi connectivity index (χ0) is 30.9. The molecule has 3 aromatic rings. The van der Waals surface area contributed by atoms with Gasteiger partial charge in [-0.2, -0.15) is 4.84 Å². The maximum absolute atomic E-state index is 15.3. The van der Waals surface area contributed by atoms with E-state index >= 15 is 4.39 Å². The van der Waals surface area contributed by atoms with Gasteiger partial charge in [0.1, 0.15) is 41.4 Å². The number of carbonyl (C=O) groups is 1. The molecule has 1 aliphatic heterocycles. The van der Waals surface area contributed by atoms with Gasteiger partial charge in [-0.1, -0.05) is 12.1 Å². The average molecular weight is 595 g/mol. The van der Waals surface area contributed by atoms with Gasteiger partial charge in [-0.25, -0.2) is 4.39 Å². The minimum absolute atomic E-state index is 0.00837. The molecule has 0 saturated carbocycles. The number of aryl methyl sites for hydroxylation is 2. The Morgan fingerprint density at radius 3 is 2.58 bits per heavy atom. The molecule has 9 nitrogen and oxygen atoms in total. The molecule has 43 heavy (non-hydrogen) atoms. The molecule has 0 fully saturated rings. The van der Waals surface area contributed by atoms with Gasteiger partial charge in [0, 0.05) is 23.1 Å². The van der Waals surface area contributed by atoms with Gasteiger partial charge in [0.25, 0.3) is 0 Å². The first-order chi connectivity index (χ1) is 20.4. The molecule has 0 radical (unpaired) electrons. The molecule has 1 aliphatic carbocycles. The minimum atomic E-state index is -0.865. The van der Waals surface area contributed by atoms with E-state index in [1.54, 1.807) is 12.1 Å². The van der Waals surface area contributed by atoms with Crippen LogP contribution < -0.4 is 25.0 Å². The van der Waals surface area contributed by atoms with Crippen LogP contribution >= 0.6 is 0 Å². The Labute approximate surface area is 251 Å². The Kier molecular flexibility index (Phi) is 8.94. The lowest BCUT2D eigenvalue weighted by Crippen LogP contribution is -3.14. The minimum Gasteiger partial charge on any atom is -0.579 e. The lowest BCUT2D eigenvalue weighted by atomic mass is 9.90. The number of halogens is 1. The zero-order valence-electron chi connectivity index (χ0n) is 25.2. The number of fused-ring (bicyclic) bond motifs is 2. The molecule has 3 N–H and O–H groups in total. The Morgan fingerprint density at radius 1 is 1.14 bits per heavy atom. The highest BCUT2D eigenvalue weighted by atomic mass is 19.1. The van der Waals surface area contributed by atoms with Crippen molar-refractivity contribution in [1.29, 1.82) is 0 Å². The summed E-state index contributed by atoms with van der Waals surface area (Å²) in [5.74, 6) is 0.515. The first-order valence-electron chi connectivity index (χ1n) is 14.6. The monoisotopic (exact) mass is 594 g/mol. The Bertz CT molecular complexity index is 1480. The number of ether oxygens (including phenoxy) is 3. The number of hydrogen-bond donors (Lipinski definition) is 3. The second kappa shape index (κ2) is 12.5. The van der Waals surface area contributed by atoms with Crippen LogP contribution in [0.2, 0.25) is 0 Å². The van der Waals surface area contributed by atoms with Crippen LogP contribution in [0.5, 0.6) is 17.2 Å². The van der Waals surface area contributed by atoms with Crippen molar-refractivity contribution in [3.05, 3.63) is 81.3 Å². The van der Waals surface area contributed by atoms with Gasteiger partial charge in [-0.15, -0.1) is 10.8 Å². The molecule has 5 rings (SSSR count). The Hall–Kier alpha value is -3.70. The molecule has 0 bridgehead atoms. The number of nitrogens with one attached hydrogen (secondary N) is 2. The van der Waals surface area contributed by atoms with Crippen molar-refractivity contribution in [1.82, 2.24) is 5.43 Å². The van der Waals surface area contributed by atoms with E-state index < -0.39 is 23.0 Å². The van der Waals surface area contributed by atoms with Crippen LogP contribution in [0.25, 0.3) is 11.1 Å². The van der Waals surface area contributed by atoms with Crippen LogP contribution in [0.1, 0.15) is 73.5 Å². The van der Waals surface area contributed by atoms with E-state index in [1.807, 2.05) is 58.9 Å². The Balaban J connectivity index is 1.29.